The molecule has 0 unspecified atom stereocenters. The van der Waals surface area contributed by atoms with Crippen molar-refractivity contribution in [2.75, 3.05) is 0 Å². The zero-order valence-corrected chi connectivity index (χ0v) is 13.6. The molecule has 0 N–H and O–H groups in total. The first-order chi connectivity index (χ1) is 9.81. The van der Waals surface area contributed by atoms with Crippen molar-refractivity contribution in [1.29, 1.82) is 0 Å². The number of thioether (sulfide) groups is 1. The van der Waals surface area contributed by atoms with E-state index in [4.69, 9.17) is 17.0 Å². The van der Waals surface area contributed by atoms with Crippen molar-refractivity contribution >= 4 is 50.3 Å². The van der Waals surface area contributed by atoms with Crippen LogP contribution in [0, 0.1) is 0 Å². The molecule has 0 amide bonds. The average Bonchev–Trinajstić information content (AvgIpc) is 2.80. The summed E-state index contributed by atoms with van der Waals surface area (Å²) in [5.74, 6) is -0.494. The summed E-state index contributed by atoms with van der Waals surface area (Å²) < 4.78 is 7.21. The molecule has 0 aliphatic rings. The number of rotatable bonds is 2. The molecule has 2 aromatic rings. The van der Waals surface area contributed by atoms with Gasteiger partial charge in [0.25, 0.3) is 0 Å². The lowest BCUT2D eigenvalue weighted by Crippen LogP contribution is -2.35. The Morgan fingerprint density at radius 2 is 1.90 bits per heavy atom. The molecule has 0 saturated carbocycles. The van der Waals surface area contributed by atoms with E-state index in [1.807, 2.05) is 36.5 Å². The fourth-order valence-electron chi connectivity index (χ4n) is 1.89. The van der Waals surface area contributed by atoms with Gasteiger partial charge in [-0.15, -0.1) is 0 Å². The molecule has 0 fully saturated rings. The number of thiocarbonyl (C=S) groups is 1. The highest BCUT2D eigenvalue weighted by Crippen LogP contribution is 2.24. The number of aromatic nitrogens is 1. The van der Waals surface area contributed by atoms with Gasteiger partial charge in [0.05, 0.1) is 5.52 Å². The number of hydrogen-bond donors (Lipinski definition) is 0. The van der Waals surface area contributed by atoms with Crippen LogP contribution in [0.5, 0.6) is 0 Å². The largest absolute Gasteiger partial charge is 0.451 e. The molecule has 21 heavy (non-hydrogen) atoms. The van der Waals surface area contributed by atoms with E-state index in [-0.39, 0.29) is 5.12 Å². The second-order valence-electron chi connectivity index (χ2n) is 5.00. The molecule has 0 aliphatic heterocycles. The summed E-state index contributed by atoms with van der Waals surface area (Å²) in [5, 5.41) is 0.743. The fraction of sp³-hybridized carbons (Fsp3) is 0.267. The van der Waals surface area contributed by atoms with Crippen molar-refractivity contribution in [3.8, 4) is 0 Å². The molecule has 110 valence electrons. The Labute approximate surface area is 132 Å². The van der Waals surface area contributed by atoms with Gasteiger partial charge in [0.1, 0.15) is 0 Å². The van der Waals surface area contributed by atoms with E-state index >= 15 is 0 Å². The highest BCUT2D eigenvalue weighted by Gasteiger charge is 2.32. The van der Waals surface area contributed by atoms with Crippen LogP contribution in [0.25, 0.3) is 10.9 Å². The Balaban J connectivity index is 2.18. The van der Waals surface area contributed by atoms with Crippen LogP contribution in [-0.2, 0) is 14.3 Å². The summed E-state index contributed by atoms with van der Waals surface area (Å²) in [6.07, 6.45) is 1.83. The first kappa shape index (κ1) is 15.7. The summed E-state index contributed by atoms with van der Waals surface area (Å²) in [6.45, 7) is 4.39. The monoisotopic (exact) mass is 321 g/mol. The first-order valence-electron chi connectivity index (χ1n) is 6.33. The van der Waals surface area contributed by atoms with Crippen LogP contribution < -0.4 is 0 Å². The number of nitrogens with zero attached hydrogens (tertiary/aromatic N) is 1. The standard InChI is InChI=1S/C15H15NO3S2/c1-10(17)19-15(2,3)13(18)21-14(20)16-9-8-11-6-4-5-7-12(11)16/h4-9H,1-3H3. The number of carbonyl (C=O) groups is 2. The molecule has 0 spiro atoms. The van der Waals surface area contributed by atoms with Gasteiger partial charge in [0.15, 0.2) is 9.92 Å². The minimum atomic E-state index is -1.20. The van der Waals surface area contributed by atoms with Gasteiger partial charge < -0.3 is 9.30 Å². The molecule has 2 rings (SSSR count). The van der Waals surface area contributed by atoms with Crippen molar-refractivity contribution in [2.24, 2.45) is 0 Å². The van der Waals surface area contributed by atoms with E-state index < -0.39 is 11.6 Å². The van der Waals surface area contributed by atoms with Crippen molar-refractivity contribution in [2.45, 2.75) is 26.4 Å². The normalized spacial score (nSPS) is 11.4. The quantitative estimate of drug-likeness (QED) is 0.627. The molecule has 0 saturated heterocycles. The van der Waals surface area contributed by atoms with Gasteiger partial charge in [0, 0.05) is 13.1 Å². The Kier molecular flexibility index (Phi) is 4.49. The third kappa shape index (κ3) is 3.51. The molecular weight excluding hydrogens is 306 g/mol. The van der Waals surface area contributed by atoms with Crippen LogP contribution in [0.3, 0.4) is 0 Å². The van der Waals surface area contributed by atoms with Crippen molar-refractivity contribution in [3.05, 3.63) is 36.5 Å². The zero-order chi connectivity index (χ0) is 15.6. The first-order valence-corrected chi connectivity index (χ1v) is 7.56. The summed E-state index contributed by atoms with van der Waals surface area (Å²) in [7, 11) is 0. The van der Waals surface area contributed by atoms with E-state index in [0.29, 0.717) is 4.32 Å². The smallest absolute Gasteiger partial charge is 0.303 e. The van der Waals surface area contributed by atoms with E-state index in [1.165, 1.54) is 6.92 Å². The Morgan fingerprint density at radius 1 is 1.24 bits per heavy atom. The predicted molar refractivity (Wildman–Crippen MR) is 88.4 cm³/mol. The van der Waals surface area contributed by atoms with Gasteiger partial charge >= 0.3 is 5.97 Å². The Bertz CT molecular complexity index is 719. The average molecular weight is 321 g/mol. The number of ether oxygens (including phenoxy) is 1. The number of carbonyl (C=O) groups excluding carboxylic acids is 2. The minimum absolute atomic E-state index is 0.305. The molecule has 1 aromatic carbocycles. The fourth-order valence-corrected chi connectivity index (χ4v) is 2.98. The molecule has 0 atom stereocenters. The lowest BCUT2D eigenvalue weighted by molar-refractivity contribution is -0.158. The highest BCUT2D eigenvalue weighted by molar-refractivity contribution is 8.33. The minimum Gasteiger partial charge on any atom is -0.451 e. The molecule has 4 nitrogen and oxygen atoms in total. The second kappa shape index (κ2) is 5.99. The van der Waals surface area contributed by atoms with Crippen LogP contribution >= 0.6 is 24.0 Å². The molecule has 6 heteroatoms. The Hall–Kier alpha value is -1.66. The Morgan fingerprint density at radius 3 is 2.57 bits per heavy atom. The van der Waals surface area contributed by atoms with E-state index in [9.17, 15) is 9.59 Å². The molecule has 1 heterocycles. The van der Waals surface area contributed by atoms with Crippen LogP contribution in [0.2, 0.25) is 0 Å². The molecule has 0 radical (unpaired) electrons. The third-order valence-corrected chi connectivity index (χ3v) is 4.36. The number of esters is 1. The van der Waals surface area contributed by atoms with Gasteiger partial charge in [-0.1, -0.05) is 30.4 Å². The van der Waals surface area contributed by atoms with Crippen LogP contribution in [0.1, 0.15) is 20.8 Å². The van der Waals surface area contributed by atoms with Gasteiger partial charge in [-0.3, -0.25) is 9.59 Å². The molecule has 0 bridgehead atoms. The van der Waals surface area contributed by atoms with E-state index in [1.54, 1.807) is 18.4 Å². The van der Waals surface area contributed by atoms with Gasteiger partial charge in [-0.05, 0) is 43.1 Å². The zero-order valence-electron chi connectivity index (χ0n) is 12.0. The van der Waals surface area contributed by atoms with E-state index in [2.05, 4.69) is 0 Å². The van der Waals surface area contributed by atoms with Crippen molar-refractivity contribution < 1.29 is 14.3 Å². The number of para-hydroxylation sites is 1. The molecule has 1 aromatic heterocycles. The number of benzene rings is 1. The van der Waals surface area contributed by atoms with Crippen LogP contribution in [-0.4, -0.2) is 25.6 Å². The maximum atomic E-state index is 12.2. The number of fused-ring (bicyclic) bond motifs is 1. The van der Waals surface area contributed by atoms with Crippen LogP contribution in [0.15, 0.2) is 36.5 Å². The van der Waals surface area contributed by atoms with Gasteiger partial charge in [0.2, 0.25) is 5.12 Å². The van der Waals surface area contributed by atoms with Crippen LogP contribution in [0.4, 0.5) is 0 Å². The van der Waals surface area contributed by atoms with Crippen molar-refractivity contribution in [1.82, 2.24) is 4.57 Å². The van der Waals surface area contributed by atoms with E-state index in [0.717, 1.165) is 22.7 Å². The molecule has 0 aliphatic carbocycles. The summed E-state index contributed by atoms with van der Waals surface area (Å²) in [5.41, 5.74) is -0.267. The highest BCUT2D eigenvalue weighted by atomic mass is 32.2. The summed E-state index contributed by atoms with van der Waals surface area (Å²) >= 11 is 6.22. The van der Waals surface area contributed by atoms with Gasteiger partial charge in [-0.2, -0.15) is 0 Å². The summed E-state index contributed by atoms with van der Waals surface area (Å²) in [6, 6.07) is 9.70. The predicted octanol–water partition coefficient (Wildman–Crippen LogP) is 3.38. The number of hydrogen-bond acceptors (Lipinski definition) is 5. The topological polar surface area (TPSA) is 48.3 Å². The SMILES string of the molecule is CC(=O)OC(C)(C)C(=O)SC(=S)n1ccc2ccccc21. The lowest BCUT2D eigenvalue weighted by atomic mass is 10.2. The molecular formula is C15H15NO3S2. The maximum Gasteiger partial charge on any atom is 0.303 e. The summed E-state index contributed by atoms with van der Waals surface area (Å²) in [4.78, 5) is 23.3. The second-order valence-corrected chi connectivity index (χ2v) is 6.61. The lowest BCUT2D eigenvalue weighted by Gasteiger charge is -2.22. The third-order valence-electron chi connectivity index (χ3n) is 2.87. The van der Waals surface area contributed by atoms with Gasteiger partial charge in [-0.25, -0.2) is 0 Å². The maximum absolute atomic E-state index is 12.2. The van der Waals surface area contributed by atoms with Crippen molar-refractivity contribution in [3.63, 3.8) is 0 Å².